The van der Waals surface area contributed by atoms with Crippen molar-refractivity contribution in [2.75, 3.05) is 6.61 Å². The Balaban J connectivity index is 0.00000280. The van der Waals surface area contributed by atoms with Gasteiger partial charge < -0.3 is 17.1 Å². The topological polar surface area (TPSA) is 13.1 Å². The number of aryl methyl sites for hydroxylation is 1. The molecule has 0 amide bonds. The largest absolute Gasteiger partial charge is 1.00 e. The maximum absolute atomic E-state index is 12.7. The van der Waals surface area contributed by atoms with Gasteiger partial charge >= 0.3 is 6.18 Å². The summed E-state index contributed by atoms with van der Waals surface area (Å²) in [6.07, 6.45) is 1.28. The van der Waals surface area contributed by atoms with Crippen molar-refractivity contribution in [2.45, 2.75) is 25.6 Å². The van der Waals surface area contributed by atoms with Crippen molar-refractivity contribution in [1.29, 1.82) is 0 Å². The van der Waals surface area contributed by atoms with E-state index >= 15 is 0 Å². The van der Waals surface area contributed by atoms with Gasteiger partial charge in [0.1, 0.15) is 5.75 Å². The van der Waals surface area contributed by atoms with E-state index in [2.05, 4.69) is 24.3 Å². The highest BCUT2D eigenvalue weighted by molar-refractivity contribution is 5.30. The molecule has 0 aliphatic rings. The van der Waals surface area contributed by atoms with Gasteiger partial charge in [0.2, 0.25) is 0 Å². The van der Waals surface area contributed by atoms with Crippen LogP contribution in [0.2, 0.25) is 0 Å². The molecule has 0 saturated heterocycles. The second-order valence-corrected chi connectivity index (χ2v) is 6.33. The zero-order valence-corrected chi connectivity index (χ0v) is 16.0. The molecular weight excluding hydrogens is 387 g/mol. The zero-order valence-electron chi connectivity index (χ0n) is 15.2. The first-order chi connectivity index (χ1) is 13.0. The third-order valence-electron chi connectivity index (χ3n) is 4.20. The van der Waals surface area contributed by atoms with Crippen LogP contribution in [0.4, 0.5) is 13.2 Å². The predicted molar refractivity (Wildman–Crippen MR) is 97.4 cm³/mol. The summed E-state index contributed by atoms with van der Waals surface area (Å²) in [5.41, 5.74) is 1.81. The SMILES string of the molecule is FC(F)(F)c1cccc(OCCC[n+]2ccc(Cc3ccccc3)cc2)c1.[Cl-]. The Morgan fingerprint density at radius 2 is 1.50 bits per heavy atom. The molecule has 6 heteroatoms. The van der Waals surface area contributed by atoms with E-state index in [1.165, 1.54) is 17.2 Å². The molecule has 3 aromatic rings. The van der Waals surface area contributed by atoms with E-state index in [0.717, 1.165) is 25.1 Å². The number of alkyl halides is 3. The van der Waals surface area contributed by atoms with E-state index in [9.17, 15) is 13.2 Å². The highest BCUT2D eigenvalue weighted by atomic mass is 35.5. The lowest BCUT2D eigenvalue weighted by atomic mass is 10.1. The molecule has 2 aromatic carbocycles. The first-order valence-electron chi connectivity index (χ1n) is 8.83. The van der Waals surface area contributed by atoms with E-state index in [0.29, 0.717) is 13.0 Å². The van der Waals surface area contributed by atoms with Crippen LogP contribution in [0.3, 0.4) is 0 Å². The minimum Gasteiger partial charge on any atom is -1.00 e. The molecule has 0 spiro atoms. The predicted octanol–water partition coefficient (Wildman–Crippen LogP) is 2.06. The van der Waals surface area contributed by atoms with Gasteiger partial charge in [0, 0.05) is 18.6 Å². The minimum atomic E-state index is -4.35. The molecule has 0 atom stereocenters. The Morgan fingerprint density at radius 3 is 2.18 bits per heavy atom. The fraction of sp³-hybridized carbons (Fsp3) is 0.227. The standard InChI is InChI=1S/C22H21F3NO.ClH/c23-22(24,25)20-8-4-9-21(17-20)27-15-5-12-26-13-10-19(11-14-26)16-18-6-2-1-3-7-18;/h1-4,6-11,13-14,17H,5,12,15-16H2;1H/q+1;/p-1. The van der Waals surface area contributed by atoms with E-state index in [1.54, 1.807) is 6.07 Å². The van der Waals surface area contributed by atoms with E-state index < -0.39 is 11.7 Å². The Kier molecular flexibility index (Phi) is 7.88. The van der Waals surface area contributed by atoms with Gasteiger partial charge in [0.05, 0.1) is 12.2 Å². The molecule has 0 bridgehead atoms. The van der Waals surface area contributed by atoms with Crippen molar-refractivity contribution in [2.24, 2.45) is 0 Å². The summed E-state index contributed by atoms with van der Waals surface area (Å²) >= 11 is 0. The zero-order chi connectivity index (χ0) is 19.1. The smallest absolute Gasteiger partial charge is 0.416 e. The van der Waals surface area contributed by atoms with Crippen LogP contribution in [0.1, 0.15) is 23.1 Å². The minimum absolute atomic E-state index is 0. The summed E-state index contributed by atoms with van der Waals surface area (Å²) in [6.45, 7) is 1.10. The van der Waals surface area contributed by atoms with E-state index in [4.69, 9.17) is 4.74 Å². The van der Waals surface area contributed by atoms with Gasteiger partial charge in [-0.15, -0.1) is 0 Å². The molecule has 0 N–H and O–H groups in total. The first kappa shape index (κ1) is 21.8. The molecule has 3 rings (SSSR count). The number of benzene rings is 2. The van der Waals surface area contributed by atoms with Crippen LogP contribution in [0, 0.1) is 0 Å². The number of hydrogen-bond acceptors (Lipinski definition) is 1. The second kappa shape index (κ2) is 10.1. The summed E-state index contributed by atoms with van der Waals surface area (Å²) in [4.78, 5) is 0. The molecular formula is C22H21ClF3NO. The Bertz CT molecular complexity index is 852. The lowest BCUT2D eigenvalue weighted by Crippen LogP contribution is -3.00. The van der Waals surface area contributed by atoms with Crippen LogP contribution in [-0.4, -0.2) is 6.61 Å². The highest BCUT2D eigenvalue weighted by Gasteiger charge is 2.30. The molecule has 0 aliphatic carbocycles. The number of aromatic nitrogens is 1. The van der Waals surface area contributed by atoms with Gasteiger partial charge in [-0.3, -0.25) is 0 Å². The fourth-order valence-corrected chi connectivity index (χ4v) is 2.79. The number of ether oxygens (including phenoxy) is 1. The average molecular weight is 408 g/mol. The van der Waals surface area contributed by atoms with E-state index in [-0.39, 0.29) is 18.2 Å². The van der Waals surface area contributed by atoms with Crippen molar-refractivity contribution in [3.05, 3.63) is 95.8 Å². The molecule has 0 fully saturated rings. The first-order valence-corrected chi connectivity index (χ1v) is 8.83. The van der Waals surface area contributed by atoms with Crippen molar-refractivity contribution in [1.82, 2.24) is 0 Å². The monoisotopic (exact) mass is 407 g/mol. The van der Waals surface area contributed by atoms with Gasteiger partial charge in [0.15, 0.2) is 18.9 Å². The normalized spacial score (nSPS) is 11.0. The molecule has 0 saturated carbocycles. The van der Waals surface area contributed by atoms with Gasteiger partial charge in [0.25, 0.3) is 0 Å². The number of rotatable bonds is 7. The van der Waals surface area contributed by atoms with Crippen molar-refractivity contribution < 1.29 is 34.9 Å². The lowest BCUT2D eigenvalue weighted by Gasteiger charge is -2.09. The fourth-order valence-electron chi connectivity index (χ4n) is 2.79. The summed E-state index contributed by atoms with van der Waals surface area (Å²) in [6, 6.07) is 19.4. The molecule has 1 heterocycles. The second-order valence-electron chi connectivity index (χ2n) is 6.33. The summed E-state index contributed by atoms with van der Waals surface area (Å²) in [5.74, 6) is 0.244. The maximum atomic E-state index is 12.7. The van der Waals surface area contributed by atoms with Crippen LogP contribution < -0.4 is 21.7 Å². The number of pyridine rings is 1. The van der Waals surface area contributed by atoms with Gasteiger partial charge in [-0.05, 0) is 35.7 Å². The number of nitrogens with zero attached hydrogens (tertiary/aromatic N) is 1. The van der Waals surface area contributed by atoms with Crippen molar-refractivity contribution in [3.8, 4) is 5.75 Å². The molecule has 0 radical (unpaired) electrons. The van der Waals surface area contributed by atoms with Gasteiger partial charge in [-0.2, -0.15) is 13.2 Å². The maximum Gasteiger partial charge on any atom is 0.416 e. The molecule has 148 valence electrons. The lowest BCUT2D eigenvalue weighted by molar-refractivity contribution is -0.697. The quantitative estimate of drug-likeness (QED) is 0.431. The number of hydrogen-bond donors (Lipinski definition) is 0. The molecule has 0 unspecified atom stereocenters. The average Bonchev–Trinajstić information content (AvgIpc) is 2.67. The third kappa shape index (κ3) is 6.57. The molecule has 1 aromatic heterocycles. The Morgan fingerprint density at radius 1 is 0.821 bits per heavy atom. The van der Waals surface area contributed by atoms with Crippen LogP contribution in [0.25, 0.3) is 0 Å². The highest BCUT2D eigenvalue weighted by Crippen LogP contribution is 2.31. The molecule has 2 nitrogen and oxygen atoms in total. The van der Waals surface area contributed by atoms with Crippen molar-refractivity contribution >= 4 is 0 Å². The van der Waals surface area contributed by atoms with Gasteiger partial charge in [-0.1, -0.05) is 36.4 Å². The van der Waals surface area contributed by atoms with Crippen molar-refractivity contribution in [3.63, 3.8) is 0 Å². The summed E-state index contributed by atoms with van der Waals surface area (Å²) in [5, 5.41) is 0. The van der Waals surface area contributed by atoms with E-state index in [1.807, 2.05) is 35.2 Å². The molecule has 28 heavy (non-hydrogen) atoms. The van der Waals surface area contributed by atoms with Gasteiger partial charge in [-0.25, -0.2) is 4.57 Å². The van der Waals surface area contributed by atoms with Crippen LogP contribution in [0.5, 0.6) is 5.75 Å². The third-order valence-corrected chi connectivity index (χ3v) is 4.20. The summed E-state index contributed by atoms with van der Waals surface area (Å²) in [7, 11) is 0. The van der Waals surface area contributed by atoms with Crippen LogP contribution >= 0.6 is 0 Å². The summed E-state index contributed by atoms with van der Waals surface area (Å²) < 4.78 is 45.6. The Hall–Kier alpha value is -2.53. The Labute approximate surface area is 169 Å². The van der Waals surface area contributed by atoms with Crippen LogP contribution in [0.15, 0.2) is 79.1 Å². The van der Waals surface area contributed by atoms with Crippen LogP contribution in [-0.2, 0) is 19.1 Å². The number of halogens is 4. The molecule has 0 aliphatic heterocycles.